The first kappa shape index (κ1) is 16.6. The van der Waals surface area contributed by atoms with Gasteiger partial charge in [0.1, 0.15) is 10.6 Å². The van der Waals surface area contributed by atoms with Gasteiger partial charge in [0.15, 0.2) is 0 Å². The molecule has 0 aliphatic heterocycles. The van der Waals surface area contributed by atoms with Crippen LogP contribution in [0, 0.1) is 0 Å². The van der Waals surface area contributed by atoms with Gasteiger partial charge in [-0.25, -0.2) is 8.42 Å². The lowest BCUT2D eigenvalue weighted by atomic mass is 9.92. The molecule has 0 unspecified atom stereocenters. The largest absolute Gasteiger partial charge is 0.506 e. The number of aromatic hydroxyl groups is 1. The predicted molar refractivity (Wildman–Crippen MR) is 85.8 cm³/mol. The molecule has 120 valence electrons. The number of aromatic nitrogens is 2. The third-order valence-electron chi connectivity index (χ3n) is 3.00. The van der Waals surface area contributed by atoms with E-state index >= 15 is 0 Å². The van der Waals surface area contributed by atoms with Gasteiger partial charge in [0.05, 0.1) is 11.4 Å². The summed E-state index contributed by atoms with van der Waals surface area (Å²) in [5.41, 5.74) is 0.0297. The number of anilines is 1. The number of phenols is 1. The average Bonchev–Trinajstić information content (AvgIpc) is 2.76. The van der Waals surface area contributed by atoms with Crippen molar-refractivity contribution < 1.29 is 13.5 Å². The Kier molecular flexibility index (Phi) is 4.14. The molecule has 0 saturated carbocycles. The van der Waals surface area contributed by atoms with Gasteiger partial charge in [0.2, 0.25) is 0 Å². The quantitative estimate of drug-likeness (QED) is 0.839. The van der Waals surface area contributed by atoms with Crippen LogP contribution in [0.15, 0.2) is 29.3 Å². The summed E-state index contributed by atoms with van der Waals surface area (Å²) in [7, 11) is -2.24. The van der Waals surface area contributed by atoms with E-state index in [1.165, 1.54) is 29.1 Å². The summed E-state index contributed by atoms with van der Waals surface area (Å²) in [4.78, 5) is 0.0712. The van der Waals surface area contributed by atoms with Crippen LogP contribution in [0.25, 0.3) is 0 Å². The van der Waals surface area contributed by atoms with Crippen LogP contribution in [-0.4, -0.2) is 23.3 Å². The van der Waals surface area contributed by atoms with Crippen LogP contribution >= 0.6 is 11.6 Å². The minimum atomic E-state index is -3.90. The number of nitrogens with zero attached hydrogens (tertiary/aromatic N) is 2. The van der Waals surface area contributed by atoms with E-state index in [2.05, 4.69) is 9.82 Å². The predicted octanol–water partition coefficient (Wildman–Crippen LogP) is 2.88. The molecule has 2 rings (SSSR count). The highest BCUT2D eigenvalue weighted by atomic mass is 35.5. The van der Waals surface area contributed by atoms with Crippen molar-refractivity contribution in [2.75, 3.05) is 4.72 Å². The Bertz CT molecular complexity index is 807. The van der Waals surface area contributed by atoms with E-state index in [0.717, 1.165) is 0 Å². The highest BCUT2D eigenvalue weighted by Crippen LogP contribution is 2.32. The normalized spacial score (nSPS) is 12.4. The summed E-state index contributed by atoms with van der Waals surface area (Å²) in [5.74, 6) is -0.200. The minimum absolute atomic E-state index is 0.0243. The van der Waals surface area contributed by atoms with Crippen molar-refractivity contribution in [2.45, 2.75) is 31.1 Å². The van der Waals surface area contributed by atoms with Gasteiger partial charge in [-0.1, -0.05) is 32.4 Å². The molecule has 0 amide bonds. The highest BCUT2D eigenvalue weighted by molar-refractivity contribution is 7.92. The monoisotopic (exact) mass is 343 g/mol. The van der Waals surface area contributed by atoms with Gasteiger partial charge in [-0.15, -0.1) is 0 Å². The van der Waals surface area contributed by atoms with E-state index in [1.807, 2.05) is 20.8 Å². The van der Waals surface area contributed by atoms with Crippen molar-refractivity contribution in [1.29, 1.82) is 0 Å². The van der Waals surface area contributed by atoms with Gasteiger partial charge in [0, 0.05) is 23.7 Å². The molecule has 1 aromatic carbocycles. The summed E-state index contributed by atoms with van der Waals surface area (Å²) in [6, 6.07) is 4.15. The number of sulfonamides is 1. The van der Waals surface area contributed by atoms with Crippen molar-refractivity contribution in [3.05, 3.63) is 35.1 Å². The Morgan fingerprint density at radius 2 is 1.95 bits per heavy atom. The van der Waals surface area contributed by atoms with Gasteiger partial charge < -0.3 is 5.11 Å². The van der Waals surface area contributed by atoms with Crippen LogP contribution in [0.2, 0.25) is 5.02 Å². The maximum Gasteiger partial charge on any atom is 0.265 e. The number of hydrogen-bond acceptors (Lipinski definition) is 4. The molecule has 0 radical (unpaired) electrons. The van der Waals surface area contributed by atoms with Gasteiger partial charge in [-0.2, -0.15) is 5.10 Å². The fraction of sp³-hybridized carbons (Fsp3) is 0.357. The van der Waals surface area contributed by atoms with Crippen LogP contribution in [0.5, 0.6) is 5.75 Å². The second-order valence-electron chi connectivity index (χ2n) is 6.03. The summed E-state index contributed by atoms with van der Waals surface area (Å²) >= 11 is 5.84. The number of rotatable bonds is 3. The van der Waals surface area contributed by atoms with Crippen molar-refractivity contribution in [3.63, 3.8) is 0 Å². The number of hydrogen-bond donors (Lipinski definition) is 2. The summed E-state index contributed by atoms with van der Waals surface area (Å²) in [6.07, 6.45) is 1.44. The van der Waals surface area contributed by atoms with E-state index < -0.39 is 15.4 Å². The maximum atomic E-state index is 12.6. The van der Waals surface area contributed by atoms with Crippen LogP contribution in [0.3, 0.4) is 0 Å². The average molecular weight is 344 g/mol. The number of nitrogens with one attached hydrogen (secondary N) is 1. The van der Waals surface area contributed by atoms with E-state index in [-0.39, 0.29) is 16.3 Å². The molecule has 0 bridgehead atoms. The maximum absolute atomic E-state index is 12.6. The van der Waals surface area contributed by atoms with Gasteiger partial charge in [0.25, 0.3) is 10.0 Å². The molecule has 6 nitrogen and oxygen atoms in total. The molecule has 2 N–H and O–H groups in total. The third-order valence-corrected chi connectivity index (χ3v) is 4.60. The van der Waals surface area contributed by atoms with Gasteiger partial charge >= 0.3 is 0 Å². The number of halogens is 1. The molecular weight excluding hydrogens is 326 g/mol. The lowest BCUT2D eigenvalue weighted by Gasteiger charge is -2.18. The second kappa shape index (κ2) is 5.48. The minimum Gasteiger partial charge on any atom is -0.506 e. The van der Waals surface area contributed by atoms with Gasteiger partial charge in [-0.05, 0) is 18.2 Å². The molecule has 0 atom stereocenters. The standard InChI is InChI=1S/C14H18ClN3O3S/c1-14(2,3)13-12(8-18(4)16-13)22(20,21)17-10-7-9(15)5-6-11(10)19/h5-8,17,19H,1-4H3. The first-order valence-corrected chi connectivity index (χ1v) is 8.42. The molecule has 8 heteroatoms. The molecule has 2 aromatic rings. The number of aryl methyl sites for hydroxylation is 1. The third kappa shape index (κ3) is 3.36. The van der Waals surface area contributed by atoms with Crippen molar-refractivity contribution in [2.24, 2.45) is 7.05 Å². The zero-order valence-electron chi connectivity index (χ0n) is 12.8. The van der Waals surface area contributed by atoms with E-state index in [9.17, 15) is 13.5 Å². The molecule has 0 aliphatic rings. The van der Waals surface area contributed by atoms with Gasteiger partial charge in [-0.3, -0.25) is 9.40 Å². The number of benzene rings is 1. The molecule has 0 saturated heterocycles. The molecule has 0 spiro atoms. The molecule has 1 aromatic heterocycles. The van der Waals surface area contributed by atoms with E-state index in [4.69, 9.17) is 11.6 Å². The second-order valence-corrected chi connectivity index (χ2v) is 8.12. The zero-order chi connectivity index (χ0) is 16.7. The SMILES string of the molecule is Cn1cc(S(=O)(=O)Nc2cc(Cl)ccc2O)c(C(C)(C)C)n1. The Hall–Kier alpha value is -1.73. The van der Waals surface area contributed by atoms with Crippen LogP contribution in [0.1, 0.15) is 26.5 Å². The highest BCUT2D eigenvalue weighted by Gasteiger charge is 2.30. The van der Waals surface area contributed by atoms with Crippen LogP contribution < -0.4 is 4.72 Å². The van der Waals surface area contributed by atoms with Crippen LogP contribution in [-0.2, 0) is 22.5 Å². The Balaban J connectivity index is 2.50. The molecule has 1 heterocycles. The summed E-state index contributed by atoms with van der Waals surface area (Å²) in [5, 5.41) is 14.3. The Morgan fingerprint density at radius 3 is 2.55 bits per heavy atom. The first-order chi connectivity index (χ1) is 10.0. The smallest absolute Gasteiger partial charge is 0.265 e. The van der Waals surface area contributed by atoms with E-state index in [0.29, 0.717) is 10.7 Å². The van der Waals surface area contributed by atoms with Crippen molar-refractivity contribution in [1.82, 2.24) is 9.78 Å². The van der Waals surface area contributed by atoms with Crippen LogP contribution in [0.4, 0.5) is 5.69 Å². The van der Waals surface area contributed by atoms with Crippen molar-refractivity contribution >= 4 is 27.3 Å². The molecule has 0 aliphatic carbocycles. The molecule has 22 heavy (non-hydrogen) atoms. The molecular formula is C14H18ClN3O3S. The lowest BCUT2D eigenvalue weighted by molar-refractivity contribution is 0.477. The fourth-order valence-electron chi connectivity index (χ4n) is 1.97. The Morgan fingerprint density at radius 1 is 1.32 bits per heavy atom. The topological polar surface area (TPSA) is 84.2 Å². The molecule has 0 fully saturated rings. The zero-order valence-corrected chi connectivity index (χ0v) is 14.3. The summed E-state index contributed by atoms with van der Waals surface area (Å²) < 4.78 is 29.1. The summed E-state index contributed by atoms with van der Waals surface area (Å²) in [6.45, 7) is 5.64. The number of phenolic OH excluding ortho intramolecular Hbond substituents is 1. The fourth-order valence-corrected chi connectivity index (χ4v) is 3.60. The first-order valence-electron chi connectivity index (χ1n) is 6.56. The van der Waals surface area contributed by atoms with Crippen molar-refractivity contribution in [3.8, 4) is 5.75 Å². The lowest BCUT2D eigenvalue weighted by Crippen LogP contribution is -2.20. The Labute approximate surface area is 134 Å². The van der Waals surface area contributed by atoms with E-state index in [1.54, 1.807) is 7.05 Å².